The van der Waals surface area contributed by atoms with Crippen LogP contribution < -0.4 is 11.4 Å². The summed E-state index contributed by atoms with van der Waals surface area (Å²) in [4.78, 5) is 24.8. The Hall–Kier alpha value is -2.10. The smallest absolute Gasteiger partial charge is 0.372 e. The van der Waals surface area contributed by atoms with Crippen molar-refractivity contribution in [3.8, 4) is 0 Å². The first-order chi connectivity index (χ1) is 7.66. The van der Waals surface area contributed by atoms with E-state index in [2.05, 4.69) is 9.40 Å². The van der Waals surface area contributed by atoms with E-state index < -0.39 is 11.4 Å². The molecule has 1 heterocycles. The van der Waals surface area contributed by atoms with Gasteiger partial charge in [0.1, 0.15) is 0 Å². The standard InChI is InChI=1S/C12H11NO3/c1-8-10(11(14)16-12(15)13-8)7-9-5-3-2-4-6-9/h2-6H,7H2,1H3,(H,13,15). The van der Waals surface area contributed by atoms with Gasteiger partial charge in [0.05, 0.1) is 5.56 Å². The number of hydrogen-bond donors (Lipinski definition) is 1. The van der Waals surface area contributed by atoms with Gasteiger partial charge < -0.3 is 4.42 Å². The van der Waals surface area contributed by atoms with Crippen LogP contribution in [0.25, 0.3) is 0 Å². The van der Waals surface area contributed by atoms with Crippen LogP contribution in [0.5, 0.6) is 0 Å². The molecule has 0 aliphatic carbocycles. The lowest BCUT2D eigenvalue weighted by molar-refractivity contribution is 0.439. The van der Waals surface area contributed by atoms with Crippen LogP contribution in [-0.2, 0) is 6.42 Å². The van der Waals surface area contributed by atoms with Gasteiger partial charge in [0, 0.05) is 12.1 Å². The third-order valence-electron chi connectivity index (χ3n) is 2.40. The molecule has 0 aliphatic rings. The Balaban J connectivity index is 2.43. The van der Waals surface area contributed by atoms with Crippen molar-refractivity contribution >= 4 is 0 Å². The number of H-pyrrole nitrogens is 1. The molecule has 0 fully saturated rings. The Morgan fingerprint density at radius 2 is 1.88 bits per heavy atom. The van der Waals surface area contributed by atoms with Gasteiger partial charge in [0.2, 0.25) is 0 Å². The van der Waals surface area contributed by atoms with Crippen molar-refractivity contribution in [2.45, 2.75) is 13.3 Å². The minimum Gasteiger partial charge on any atom is -0.372 e. The predicted molar refractivity (Wildman–Crippen MR) is 59.6 cm³/mol. The molecule has 0 saturated carbocycles. The Morgan fingerprint density at radius 1 is 1.19 bits per heavy atom. The average Bonchev–Trinajstić information content (AvgIpc) is 2.25. The lowest BCUT2D eigenvalue weighted by Gasteiger charge is -2.02. The molecule has 82 valence electrons. The molecule has 0 unspecified atom stereocenters. The van der Waals surface area contributed by atoms with Gasteiger partial charge in [0.15, 0.2) is 0 Å². The summed E-state index contributed by atoms with van der Waals surface area (Å²) in [5.74, 6) is -0.709. The van der Waals surface area contributed by atoms with Gasteiger partial charge in [-0.3, -0.25) is 4.98 Å². The monoisotopic (exact) mass is 217 g/mol. The Kier molecular flexibility index (Phi) is 2.72. The number of benzene rings is 1. The highest BCUT2D eigenvalue weighted by Crippen LogP contribution is 2.06. The Bertz CT molecular complexity index is 596. The van der Waals surface area contributed by atoms with Crippen LogP contribution in [-0.4, -0.2) is 4.98 Å². The van der Waals surface area contributed by atoms with Crippen molar-refractivity contribution in [2.24, 2.45) is 0 Å². The minimum absolute atomic E-state index is 0.464. The summed E-state index contributed by atoms with van der Waals surface area (Å²) in [6.07, 6.45) is 0.464. The minimum atomic E-state index is -0.709. The van der Waals surface area contributed by atoms with E-state index in [9.17, 15) is 9.59 Å². The van der Waals surface area contributed by atoms with Gasteiger partial charge in [-0.2, -0.15) is 0 Å². The molecular formula is C12H11NO3. The molecule has 0 amide bonds. The molecule has 16 heavy (non-hydrogen) atoms. The lowest BCUT2D eigenvalue weighted by Crippen LogP contribution is -2.21. The van der Waals surface area contributed by atoms with Crippen LogP contribution in [0, 0.1) is 6.92 Å². The van der Waals surface area contributed by atoms with Crippen molar-refractivity contribution in [3.05, 3.63) is 68.1 Å². The summed E-state index contributed by atoms with van der Waals surface area (Å²) in [6.45, 7) is 1.69. The molecule has 2 rings (SSSR count). The summed E-state index contributed by atoms with van der Waals surface area (Å²) in [5, 5.41) is 0. The number of aromatic nitrogens is 1. The first-order valence-corrected chi connectivity index (χ1v) is 4.93. The second-order valence-electron chi connectivity index (χ2n) is 3.57. The van der Waals surface area contributed by atoms with E-state index in [1.807, 2.05) is 30.3 Å². The maximum absolute atomic E-state index is 11.5. The summed E-state index contributed by atoms with van der Waals surface area (Å²) in [6, 6.07) is 9.55. The third-order valence-corrected chi connectivity index (χ3v) is 2.40. The fourth-order valence-electron chi connectivity index (χ4n) is 1.56. The van der Waals surface area contributed by atoms with Gasteiger partial charge >= 0.3 is 11.4 Å². The third kappa shape index (κ3) is 2.11. The van der Waals surface area contributed by atoms with Crippen molar-refractivity contribution in [1.29, 1.82) is 0 Å². The number of aryl methyl sites for hydroxylation is 1. The molecule has 1 aromatic heterocycles. The van der Waals surface area contributed by atoms with Crippen LogP contribution in [0.1, 0.15) is 16.8 Å². The molecule has 4 nitrogen and oxygen atoms in total. The maximum Gasteiger partial charge on any atom is 0.419 e. The molecule has 0 radical (unpaired) electrons. The fourth-order valence-corrected chi connectivity index (χ4v) is 1.56. The van der Waals surface area contributed by atoms with E-state index in [1.54, 1.807) is 6.92 Å². The summed E-state index contributed by atoms with van der Waals surface area (Å²) >= 11 is 0. The molecule has 1 aromatic carbocycles. The second-order valence-corrected chi connectivity index (χ2v) is 3.57. The van der Waals surface area contributed by atoms with Crippen molar-refractivity contribution in [2.75, 3.05) is 0 Å². The summed E-state index contributed by atoms with van der Waals surface area (Å²) in [5.41, 5.74) is 1.49. The number of nitrogens with one attached hydrogen (secondary N) is 1. The van der Waals surface area contributed by atoms with E-state index in [0.717, 1.165) is 5.56 Å². The molecule has 0 aliphatic heterocycles. The largest absolute Gasteiger partial charge is 0.419 e. The highest BCUT2D eigenvalue weighted by Gasteiger charge is 2.08. The molecule has 0 saturated heterocycles. The quantitative estimate of drug-likeness (QED) is 0.822. The molecular weight excluding hydrogens is 206 g/mol. The van der Waals surface area contributed by atoms with E-state index >= 15 is 0 Å². The summed E-state index contributed by atoms with van der Waals surface area (Å²) in [7, 11) is 0. The zero-order chi connectivity index (χ0) is 11.5. The SMILES string of the molecule is Cc1[nH]c(=O)oc(=O)c1Cc1ccccc1. The van der Waals surface area contributed by atoms with Crippen LogP contribution in [0.2, 0.25) is 0 Å². The van der Waals surface area contributed by atoms with E-state index in [4.69, 9.17) is 0 Å². The maximum atomic E-state index is 11.5. The van der Waals surface area contributed by atoms with E-state index in [-0.39, 0.29) is 0 Å². The van der Waals surface area contributed by atoms with Crippen LogP contribution >= 0.6 is 0 Å². The number of hydrogen-bond acceptors (Lipinski definition) is 3. The van der Waals surface area contributed by atoms with Crippen molar-refractivity contribution in [1.82, 2.24) is 4.98 Å². The fraction of sp³-hybridized carbons (Fsp3) is 0.167. The average molecular weight is 217 g/mol. The van der Waals surface area contributed by atoms with Gasteiger partial charge in [-0.05, 0) is 12.5 Å². The van der Waals surface area contributed by atoms with E-state index in [1.165, 1.54) is 0 Å². The van der Waals surface area contributed by atoms with Crippen LogP contribution in [0.15, 0.2) is 44.3 Å². The highest BCUT2D eigenvalue weighted by molar-refractivity contribution is 5.25. The topological polar surface area (TPSA) is 63.1 Å². The summed E-state index contributed by atoms with van der Waals surface area (Å²) < 4.78 is 4.49. The number of aromatic amines is 1. The normalized spacial score (nSPS) is 10.3. The van der Waals surface area contributed by atoms with Gasteiger partial charge in [0.25, 0.3) is 0 Å². The molecule has 4 heteroatoms. The van der Waals surface area contributed by atoms with Crippen molar-refractivity contribution in [3.63, 3.8) is 0 Å². The van der Waals surface area contributed by atoms with Gasteiger partial charge in [-0.1, -0.05) is 30.3 Å². The van der Waals surface area contributed by atoms with Crippen LogP contribution in [0.4, 0.5) is 0 Å². The molecule has 1 N–H and O–H groups in total. The first-order valence-electron chi connectivity index (χ1n) is 4.93. The van der Waals surface area contributed by atoms with Crippen LogP contribution in [0.3, 0.4) is 0 Å². The van der Waals surface area contributed by atoms with E-state index in [0.29, 0.717) is 17.7 Å². The Labute approximate surface area is 91.6 Å². The Morgan fingerprint density at radius 3 is 2.50 bits per heavy atom. The molecule has 0 spiro atoms. The first kappa shape index (κ1) is 10.4. The zero-order valence-electron chi connectivity index (χ0n) is 8.82. The van der Waals surface area contributed by atoms with Gasteiger partial charge in [-0.15, -0.1) is 0 Å². The highest BCUT2D eigenvalue weighted by atomic mass is 16.4. The molecule has 0 atom stereocenters. The lowest BCUT2D eigenvalue weighted by atomic mass is 10.1. The second kappa shape index (κ2) is 4.18. The zero-order valence-corrected chi connectivity index (χ0v) is 8.82. The molecule has 0 bridgehead atoms. The number of rotatable bonds is 2. The van der Waals surface area contributed by atoms with Gasteiger partial charge in [-0.25, -0.2) is 9.59 Å². The predicted octanol–water partition coefficient (Wildman–Crippen LogP) is 1.23. The molecule has 2 aromatic rings. The van der Waals surface area contributed by atoms with Crippen molar-refractivity contribution < 1.29 is 4.42 Å².